The van der Waals surface area contributed by atoms with E-state index in [1.54, 1.807) is 6.20 Å². The van der Waals surface area contributed by atoms with Gasteiger partial charge in [-0.25, -0.2) is 13.9 Å². The lowest BCUT2D eigenvalue weighted by Gasteiger charge is -2.03. The van der Waals surface area contributed by atoms with Crippen LogP contribution in [0.3, 0.4) is 0 Å². The fourth-order valence-corrected chi connectivity index (χ4v) is 2.25. The van der Waals surface area contributed by atoms with Gasteiger partial charge in [-0.3, -0.25) is 0 Å². The van der Waals surface area contributed by atoms with Crippen LogP contribution < -0.4 is 0 Å². The number of rotatable bonds is 4. The van der Waals surface area contributed by atoms with Crippen LogP contribution in [0.4, 0.5) is 4.39 Å². The molecule has 0 saturated heterocycles. The first kappa shape index (κ1) is 14.9. The zero-order chi connectivity index (χ0) is 16.4. The SMILES string of the molecule is CCc1ccc(-c2cn(-c3ccc(F)c(C(=O)O)c3)nn2)cc1. The van der Waals surface area contributed by atoms with E-state index in [0.29, 0.717) is 11.4 Å². The molecular formula is C17H14FN3O2. The first-order valence-electron chi connectivity index (χ1n) is 7.13. The number of aromatic carboxylic acids is 1. The summed E-state index contributed by atoms with van der Waals surface area (Å²) in [5.74, 6) is -2.10. The van der Waals surface area contributed by atoms with E-state index in [9.17, 15) is 9.18 Å². The Morgan fingerprint density at radius 1 is 1.22 bits per heavy atom. The number of hydrogen-bond acceptors (Lipinski definition) is 3. The predicted molar refractivity (Wildman–Crippen MR) is 83.1 cm³/mol. The highest BCUT2D eigenvalue weighted by Crippen LogP contribution is 2.20. The van der Waals surface area contributed by atoms with E-state index in [4.69, 9.17) is 5.11 Å². The van der Waals surface area contributed by atoms with E-state index in [2.05, 4.69) is 17.2 Å². The smallest absolute Gasteiger partial charge is 0.338 e. The number of carboxylic acids is 1. The summed E-state index contributed by atoms with van der Waals surface area (Å²) in [5.41, 5.74) is 2.84. The summed E-state index contributed by atoms with van der Waals surface area (Å²) in [7, 11) is 0. The van der Waals surface area contributed by atoms with Crippen molar-refractivity contribution in [2.24, 2.45) is 0 Å². The Bertz CT molecular complexity index is 857. The minimum absolute atomic E-state index is 0.396. The van der Waals surface area contributed by atoms with Crippen LogP contribution in [0.25, 0.3) is 16.9 Å². The lowest BCUT2D eigenvalue weighted by molar-refractivity contribution is 0.0692. The maximum Gasteiger partial charge on any atom is 0.338 e. The van der Waals surface area contributed by atoms with Gasteiger partial charge in [0, 0.05) is 5.56 Å². The van der Waals surface area contributed by atoms with Crippen LogP contribution in [-0.2, 0) is 6.42 Å². The average molecular weight is 311 g/mol. The molecule has 0 fully saturated rings. The van der Waals surface area contributed by atoms with Crippen molar-refractivity contribution in [2.75, 3.05) is 0 Å². The Kier molecular flexibility index (Phi) is 3.89. The van der Waals surface area contributed by atoms with Crippen LogP contribution >= 0.6 is 0 Å². The molecule has 5 nitrogen and oxygen atoms in total. The summed E-state index contributed by atoms with van der Waals surface area (Å²) < 4.78 is 14.9. The molecule has 3 rings (SSSR count). The van der Waals surface area contributed by atoms with Gasteiger partial charge in [-0.1, -0.05) is 36.4 Å². The highest BCUT2D eigenvalue weighted by Gasteiger charge is 2.13. The number of nitrogens with zero attached hydrogens (tertiary/aromatic N) is 3. The van der Waals surface area contributed by atoms with Crippen LogP contribution in [0.1, 0.15) is 22.8 Å². The second-order valence-electron chi connectivity index (χ2n) is 5.07. The standard InChI is InChI=1S/C17H14FN3O2/c1-2-11-3-5-12(6-4-11)16-10-21(20-19-16)13-7-8-15(18)14(9-13)17(22)23/h3-10H,2H2,1H3,(H,22,23). The largest absolute Gasteiger partial charge is 0.478 e. The van der Waals surface area contributed by atoms with Crippen molar-refractivity contribution in [2.45, 2.75) is 13.3 Å². The van der Waals surface area contributed by atoms with Gasteiger partial charge in [0.25, 0.3) is 0 Å². The number of halogens is 1. The minimum atomic E-state index is -1.32. The second kappa shape index (κ2) is 6.00. The summed E-state index contributed by atoms with van der Waals surface area (Å²) in [4.78, 5) is 11.0. The van der Waals surface area contributed by atoms with Crippen molar-refractivity contribution >= 4 is 5.97 Å². The molecule has 0 bridgehead atoms. The number of aromatic nitrogens is 3. The van der Waals surface area contributed by atoms with E-state index in [1.165, 1.54) is 22.4 Å². The summed E-state index contributed by atoms with van der Waals surface area (Å²) in [5, 5.41) is 17.1. The Morgan fingerprint density at radius 2 is 1.96 bits per heavy atom. The maximum atomic E-state index is 13.5. The summed E-state index contributed by atoms with van der Waals surface area (Å²) >= 11 is 0. The number of hydrogen-bond donors (Lipinski definition) is 1. The van der Waals surface area contributed by atoms with E-state index in [1.807, 2.05) is 24.3 Å². The van der Waals surface area contributed by atoms with Gasteiger partial charge in [0.15, 0.2) is 0 Å². The fraction of sp³-hybridized carbons (Fsp3) is 0.118. The molecule has 1 heterocycles. The molecule has 1 N–H and O–H groups in total. The average Bonchev–Trinajstić information content (AvgIpc) is 3.05. The Morgan fingerprint density at radius 3 is 2.61 bits per heavy atom. The molecule has 3 aromatic rings. The molecule has 0 saturated carbocycles. The predicted octanol–water partition coefficient (Wildman–Crippen LogP) is 3.33. The number of carboxylic acid groups (broad SMARTS) is 1. The van der Waals surface area contributed by atoms with E-state index < -0.39 is 17.3 Å². The summed E-state index contributed by atoms with van der Waals surface area (Å²) in [6, 6.07) is 11.8. The normalized spacial score (nSPS) is 10.7. The highest BCUT2D eigenvalue weighted by molar-refractivity contribution is 5.88. The Hall–Kier alpha value is -3.02. The molecule has 0 spiro atoms. The molecule has 6 heteroatoms. The third-order valence-electron chi connectivity index (χ3n) is 3.60. The number of aryl methyl sites for hydroxylation is 1. The molecule has 0 aliphatic heterocycles. The van der Waals surface area contributed by atoms with Crippen LogP contribution in [0.15, 0.2) is 48.7 Å². The Labute approximate surface area is 132 Å². The van der Waals surface area contributed by atoms with Crippen molar-refractivity contribution in [3.8, 4) is 16.9 Å². The fourth-order valence-electron chi connectivity index (χ4n) is 2.25. The van der Waals surface area contributed by atoms with Gasteiger partial charge in [-0.2, -0.15) is 0 Å². The Balaban J connectivity index is 1.95. The topological polar surface area (TPSA) is 68.0 Å². The van der Waals surface area contributed by atoms with Crippen LogP contribution in [0, 0.1) is 5.82 Å². The molecule has 0 unspecified atom stereocenters. The molecule has 0 radical (unpaired) electrons. The summed E-state index contributed by atoms with van der Waals surface area (Å²) in [6.45, 7) is 2.08. The number of benzene rings is 2. The molecule has 0 aliphatic carbocycles. The van der Waals surface area contributed by atoms with Gasteiger partial charge < -0.3 is 5.11 Å². The van der Waals surface area contributed by atoms with Crippen molar-refractivity contribution in [1.82, 2.24) is 15.0 Å². The second-order valence-corrected chi connectivity index (χ2v) is 5.07. The van der Waals surface area contributed by atoms with E-state index >= 15 is 0 Å². The van der Waals surface area contributed by atoms with Crippen molar-refractivity contribution in [3.05, 3.63) is 65.6 Å². The first-order valence-corrected chi connectivity index (χ1v) is 7.13. The van der Waals surface area contributed by atoms with Crippen LogP contribution in [0.2, 0.25) is 0 Å². The molecular weight excluding hydrogens is 297 g/mol. The molecule has 0 aliphatic rings. The summed E-state index contributed by atoms with van der Waals surface area (Å²) in [6.07, 6.45) is 2.64. The first-order chi connectivity index (χ1) is 11.1. The molecule has 1 aromatic heterocycles. The third-order valence-corrected chi connectivity index (χ3v) is 3.60. The van der Waals surface area contributed by atoms with Gasteiger partial charge in [0.1, 0.15) is 11.5 Å². The maximum absolute atomic E-state index is 13.5. The highest BCUT2D eigenvalue weighted by atomic mass is 19.1. The van der Waals surface area contributed by atoms with Crippen LogP contribution in [-0.4, -0.2) is 26.1 Å². The third kappa shape index (κ3) is 2.96. The monoisotopic (exact) mass is 311 g/mol. The van der Waals surface area contributed by atoms with Crippen molar-refractivity contribution in [3.63, 3.8) is 0 Å². The van der Waals surface area contributed by atoms with Gasteiger partial charge in [-0.05, 0) is 30.2 Å². The lowest BCUT2D eigenvalue weighted by atomic mass is 10.1. The number of carbonyl (C=O) groups is 1. The van der Waals surface area contributed by atoms with Crippen LogP contribution in [0.5, 0.6) is 0 Å². The minimum Gasteiger partial charge on any atom is -0.478 e. The van der Waals surface area contributed by atoms with Gasteiger partial charge in [0.2, 0.25) is 0 Å². The quantitative estimate of drug-likeness (QED) is 0.802. The molecule has 0 amide bonds. The zero-order valence-corrected chi connectivity index (χ0v) is 12.4. The molecule has 116 valence electrons. The van der Waals surface area contributed by atoms with E-state index in [0.717, 1.165) is 18.1 Å². The molecule has 23 heavy (non-hydrogen) atoms. The van der Waals surface area contributed by atoms with Gasteiger partial charge >= 0.3 is 5.97 Å². The lowest BCUT2D eigenvalue weighted by Crippen LogP contribution is -2.03. The van der Waals surface area contributed by atoms with Crippen molar-refractivity contribution < 1.29 is 14.3 Å². The van der Waals surface area contributed by atoms with Crippen molar-refractivity contribution in [1.29, 1.82) is 0 Å². The van der Waals surface area contributed by atoms with Gasteiger partial charge in [-0.15, -0.1) is 5.10 Å². The molecule has 0 atom stereocenters. The van der Waals surface area contributed by atoms with E-state index in [-0.39, 0.29) is 0 Å². The molecule has 2 aromatic carbocycles. The van der Waals surface area contributed by atoms with Gasteiger partial charge in [0.05, 0.1) is 17.4 Å². The zero-order valence-electron chi connectivity index (χ0n) is 12.4.